The van der Waals surface area contributed by atoms with E-state index in [1.54, 1.807) is 20.8 Å². The van der Waals surface area contributed by atoms with Crippen molar-refractivity contribution in [3.05, 3.63) is 45.1 Å². The average molecular weight is 697 g/mol. The molecule has 0 bridgehead atoms. The molecule has 2 aliphatic carbocycles. The summed E-state index contributed by atoms with van der Waals surface area (Å²) in [6, 6.07) is 2.41. The zero-order valence-electron chi connectivity index (χ0n) is 25.0. The molecule has 0 fully saturated rings. The van der Waals surface area contributed by atoms with E-state index >= 15 is 0 Å². The van der Waals surface area contributed by atoms with Crippen LogP contribution in [-0.4, -0.2) is 54.1 Å². The van der Waals surface area contributed by atoms with E-state index < -0.39 is 40.9 Å². The molecule has 2 rings (SSSR count). The van der Waals surface area contributed by atoms with E-state index in [-0.39, 0.29) is 51.0 Å². The Kier molecular flexibility index (Phi) is 16.4. The average Bonchev–Trinajstić information content (AvgIpc) is 3.30. The van der Waals surface area contributed by atoms with Gasteiger partial charge in [-0.25, -0.2) is 20.8 Å². The van der Waals surface area contributed by atoms with Crippen molar-refractivity contribution in [1.82, 2.24) is 0 Å². The van der Waals surface area contributed by atoms with E-state index in [1.165, 1.54) is 12.1 Å². The van der Waals surface area contributed by atoms with Crippen LogP contribution in [0.25, 0.3) is 0 Å². The Hall–Kier alpha value is 1.43. The van der Waals surface area contributed by atoms with Gasteiger partial charge >= 0.3 is 26.2 Å². The summed E-state index contributed by atoms with van der Waals surface area (Å²) in [7, 11) is -7.93. The maximum Gasteiger partial charge on any atom is 4.00 e. The van der Waals surface area contributed by atoms with Crippen LogP contribution in [0.2, 0.25) is 90.7 Å². The van der Waals surface area contributed by atoms with E-state index in [0.29, 0.717) is 0 Å². The van der Waals surface area contributed by atoms with Crippen molar-refractivity contribution in [2.24, 2.45) is 0 Å². The molecule has 0 atom stereocenters. The molecule has 2 nitrogen and oxygen atoms in total. The molecule has 0 spiro atoms. The summed E-state index contributed by atoms with van der Waals surface area (Å²) in [4.78, 5) is 0. The summed E-state index contributed by atoms with van der Waals surface area (Å²) in [6.07, 6.45) is 14.7. The van der Waals surface area contributed by atoms with Gasteiger partial charge < -0.3 is 33.7 Å². The summed E-state index contributed by atoms with van der Waals surface area (Å²) < 4.78 is 12.5. The predicted molar refractivity (Wildman–Crippen MR) is 160 cm³/mol. The van der Waals surface area contributed by atoms with E-state index in [0.717, 1.165) is 26.1 Å². The van der Waals surface area contributed by atoms with E-state index in [4.69, 9.17) is 8.85 Å². The Morgan fingerprint density at radius 3 is 1.19 bits per heavy atom. The first-order valence-electron chi connectivity index (χ1n) is 12.8. The zero-order chi connectivity index (χ0) is 25.3. The molecule has 0 aromatic carbocycles. The van der Waals surface area contributed by atoms with Gasteiger partial charge in [0.2, 0.25) is 0 Å². The van der Waals surface area contributed by atoms with Crippen molar-refractivity contribution in [2.75, 3.05) is 13.2 Å². The second kappa shape index (κ2) is 14.9. The van der Waals surface area contributed by atoms with Crippen LogP contribution in [-0.2, 0) is 35.1 Å². The molecule has 0 aromatic heterocycles. The van der Waals surface area contributed by atoms with Crippen molar-refractivity contribution < 1.29 is 59.9 Å². The van der Waals surface area contributed by atoms with E-state index in [9.17, 15) is 0 Å². The van der Waals surface area contributed by atoms with Crippen LogP contribution in [0.1, 0.15) is 12.8 Å². The Morgan fingerprint density at radius 1 is 0.611 bits per heavy atom. The van der Waals surface area contributed by atoms with Crippen molar-refractivity contribution >= 4 is 40.9 Å². The third kappa shape index (κ3) is 11.1. The molecule has 36 heavy (non-hydrogen) atoms. The molecule has 204 valence electrons. The molecule has 0 saturated heterocycles. The molecule has 0 saturated carbocycles. The summed E-state index contributed by atoms with van der Waals surface area (Å²) >= 11 is 0. The summed E-state index contributed by atoms with van der Waals surface area (Å²) in [5.41, 5.74) is 0. The van der Waals surface area contributed by atoms with E-state index in [1.807, 2.05) is 0 Å². The molecular weight excluding hydrogens is 647 g/mol. The Balaban J connectivity index is 0. The van der Waals surface area contributed by atoms with Crippen molar-refractivity contribution in [3.8, 4) is 0 Å². The molecule has 0 aromatic rings. The Labute approximate surface area is 260 Å². The summed E-state index contributed by atoms with van der Waals surface area (Å²) in [5, 5.41) is 6.51. The second-order valence-corrected chi connectivity index (χ2v) is 36.5. The normalized spacial score (nSPS) is 16.8. The minimum Gasteiger partial charge on any atom is -1.00 e. The van der Waals surface area contributed by atoms with Gasteiger partial charge in [-0.3, -0.25) is 12.2 Å². The van der Waals surface area contributed by atoms with Crippen molar-refractivity contribution in [2.45, 2.75) is 103 Å². The molecular formula is C26H50Cl2O2Si5Zr. The van der Waals surface area contributed by atoms with Gasteiger partial charge in [-0.05, 0) is 67.5 Å². The van der Waals surface area contributed by atoms with Gasteiger partial charge in [0.15, 0.2) is 16.6 Å². The van der Waals surface area contributed by atoms with Gasteiger partial charge in [0.05, 0.1) is 0 Å². The number of rotatable bonds is 12. The molecule has 0 N–H and O–H groups in total. The first-order chi connectivity index (χ1) is 14.9. The third-order valence-corrected chi connectivity index (χ3v) is 19.7. The molecule has 0 aliphatic heterocycles. The summed E-state index contributed by atoms with van der Waals surface area (Å²) in [5.74, 6) is 0. The topological polar surface area (TPSA) is 18.5 Å². The number of allylic oxidation sites excluding steroid dienone is 8. The molecule has 0 heterocycles. The SMILES string of the molecule is C[Si](C)(C)OCC[Si](C)(C)C1=CC[C-]=C1[Si](C)(C)C1=[C-]CC=C1[Si](C)(C)CCO[Si](C)(C)C.[Cl-].[Cl-].[Zr+4]. The van der Waals surface area contributed by atoms with Crippen LogP contribution in [0.5, 0.6) is 0 Å². The fourth-order valence-electron chi connectivity index (χ4n) is 4.87. The van der Waals surface area contributed by atoms with Crippen molar-refractivity contribution in [1.29, 1.82) is 0 Å². The monoisotopic (exact) mass is 694 g/mol. The molecule has 2 aliphatic rings. The predicted octanol–water partition coefficient (Wildman–Crippen LogP) is 2.10. The second-order valence-electron chi connectivity index (χ2n) is 13.6. The number of hydrogen-bond donors (Lipinski definition) is 0. The Bertz CT molecular complexity index is 783. The standard InChI is InChI=1S/C26H50O2Si5.2ClH.Zr/c1-29(2,3)27-19-21-31(7,8)23-15-13-17-25(23)33(11,12)26-18-14-16-24(26)32(9,10)22-20-28-30(4,5)6;;;/h15-16H,13-14,19-22H2,1-12H3;2*1H;/q-2;;;+4/p-2. The van der Waals surface area contributed by atoms with Gasteiger partial charge in [-0.2, -0.15) is 12.2 Å². The number of halogens is 2. The quantitative estimate of drug-likeness (QED) is 0.230. The first kappa shape index (κ1) is 39.6. The minimum atomic E-state index is -1.85. The molecule has 0 radical (unpaired) electrons. The van der Waals surface area contributed by atoms with Gasteiger partial charge in [-0.1, -0.05) is 39.3 Å². The van der Waals surface area contributed by atoms with Gasteiger partial charge in [0.25, 0.3) is 0 Å². The van der Waals surface area contributed by atoms with Gasteiger partial charge in [0.1, 0.15) is 0 Å². The van der Waals surface area contributed by atoms with Crippen LogP contribution in [0, 0.1) is 12.2 Å². The third-order valence-electron chi connectivity index (χ3n) is 6.94. The van der Waals surface area contributed by atoms with Crippen LogP contribution >= 0.6 is 0 Å². The molecule has 0 unspecified atom stereocenters. The maximum atomic E-state index is 6.27. The van der Waals surface area contributed by atoms with Crippen LogP contribution in [0.15, 0.2) is 32.9 Å². The first-order valence-corrected chi connectivity index (χ1v) is 29.0. The van der Waals surface area contributed by atoms with Crippen molar-refractivity contribution in [3.63, 3.8) is 0 Å². The minimum absolute atomic E-state index is 0. The maximum absolute atomic E-state index is 6.27. The van der Waals surface area contributed by atoms with Gasteiger partial charge in [0, 0.05) is 21.3 Å². The Morgan fingerprint density at radius 2 is 0.917 bits per heavy atom. The molecule has 0 amide bonds. The van der Waals surface area contributed by atoms with Gasteiger partial charge in [-0.15, -0.1) is 12.8 Å². The zero-order valence-corrected chi connectivity index (χ0v) is 33.9. The number of hydrogen-bond acceptors (Lipinski definition) is 2. The van der Waals surface area contributed by atoms with E-state index in [2.05, 4.69) is 103 Å². The smallest absolute Gasteiger partial charge is 1.00 e. The van der Waals surface area contributed by atoms with Crippen LogP contribution in [0.3, 0.4) is 0 Å². The van der Waals surface area contributed by atoms with Crippen LogP contribution in [0.4, 0.5) is 0 Å². The van der Waals surface area contributed by atoms with Crippen LogP contribution < -0.4 is 24.8 Å². The fraction of sp³-hybridized carbons (Fsp3) is 0.692. The fourth-order valence-corrected chi connectivity index (χ4v) is 18.1. The molecule has 10 heteroatoms. The summed E-state index contributed by atoms with van der Waals surface area (Å²) in [6.45, 7) is 30.9. The largest absolute Gasteiger partial charge is 4.00 e.